The highest BCUT2D eigenvalue weighted by molar-refractivity contribution is 5.77. The number of hydrogen-bond acceptors (Lipinski definition) is 2. The number of unbranched alkanes of at least 4 members (excludes halogenated alkanes) is 9. The highest BCUT2D eigenvalue weighted by atomic mass is 16.5. The molecule has 0 saturated heterocycles. The van der Waals surface area contributed by atoms with Gasteiger partial charge in [0.25, 0.3) is 0 Å². The lowest BCUT2D eigenvalue weighted by Gasteiger charge is -2.37. The van der Waals surface area contributed by atoms with Gasteiger partial charge in [0.2, 0.25) is 0 Å². The Labute approximate surface area is 176 Å². The van der Waals surface area contributed by atoms with E-state index in [1.54, 1.807) is 0 Å². The van der Waals surface area contributed by atoms with Crippen molar-refractivity contribution in [1.29, 1.82) is 0 Å². The van der Waals surface area contributed by atoms with Gasteiger partial charge < -0.3 is 4.74 Å². The number of carbonyl (C=O) groups is 1. The summed E-state index contributed by atoms with van der Waals surface area (Å²) in [5, 5.41) is 0. The molecule has 0 aromatic rings. The van der Waals surface area contributed by atoms with E-state index >= 15 is 0 Å². The van der Waals surface area contributed by atoms with E-state index in [4.69, 9.17) is 4.74 Å². The Morgan fingerprint density at radius 2 is 1.32 bits per heavy atom. The average molecular weight is 395 g/mol. The van der Waals surface area contributed by atoms with Crippen molar-refractivity contribution in [2.75, 3.05) is 6.61 Å². The molecule has 0 heterocycles. The van der Waals surface area contributed by atoms with Crippen LogP contribution in [0.15, 0.2) is 12.2 Å². The van der Waals surface area contributed by atoms with Gasteiger partial charge in [-0.3, -0.25) is 4.79 Å². The van der Waals surface area contributed by atoms with E-state index in [1.807, 2.05) is 6.92 Å². The molecule has 0 aromatic carbocycles. The summed E-state index contributed by atoms with van der Waals surface area (Å²) in [6.07, 6.45) is 23.3. The van der Waals surface area contributed by atoms with Crippen molar-refractivity contribution in [2.24, 2.45) is 11.3 Å². The van der Waals surface area contributed by atoms with E-state index in [2.05, 4.69) is 39.8 Å². The molecule has 0 aliphatic heterocycles. The lowest BCUT2D eigenvalue weighted by atomic mass is 9.68. The molecule has 0 bridgehead atoms. The number of esters is 1. The maximum Gasteiger partial charge on any atom is 0.312 e. The summed E-state index contributed by atoms with van der Waals surface area (Å²) < 4.78 is 5.44. The quantitative estimate of drug-likeness (QED) is 0.124. The smallest absolute Gasteiger partial charge is 0.312 e. The van der Waals surface area contributed by atoms with E-state index in [0.717, 1.165) is 25.7 Å². The van der Waals surface area contributed by atoms with Crippen molar-refractivity contribution in [3.8, 4) is 0 Å². The van der Waals surface area contributed by atoms with Crippen molar-refractivity contribution in [3.05, 3.63) is 12.2 Å². The normalized spacial score (nSPS) is 13.2. The van der Waals surface area contributed by atoms with E-state index in [-0.39, 0.29) is 11.4 Å². The summed E-state index contributed by atoms with van der Waals surface area (Å²) in [4.78, 5) is 12.6. The predicted octanol–water partition coefficient (Wildman–Crippen LogP) is 8.64. The van der Waals surface area contributed by atoms with Crippen LogP contribution >= 0.6 is 0 Å². The number of carbonyl (C=O) groups excluding carboxylic acids is 1. The minimum Gasteiger partial charge on any atom is -0.466 e. The Kier molecular flexibility index (Phi) is 17.7. The first-order valence-electron chi connectivity index (χ1n) is 12.4. The van der Waals surface area contributed by atoms with Gasteiger partial charge in [-0.1, -0.05) is 91.2 Å². The predicted molar refractivity (Wildman–Crippen MR) is 124 cm³/mol. The van der Waals surface area contributed by atoms with E-state index < -0.39 is 0 Å². The van der Waals surface area contributed by atoms with Gasteiger partial charge in [0.1, 0.15) is 0 Å². The molecule has 1 atom stereocenters. The summed E-state index contributed by atoms with van der Waals surface area (Å²) in [5.41, 5.74) is -0.276. The zero-order chi connectivity index (χ0) is 21.1. The van der Waals surface area contributed by atoms with Crippen LogP contribution in [0.3, 0.4) is 0 Å². The molecule has 0 fully saturated rings. The zero-order valence-electron chi connectivity index (χ0n) is 19.9. The lowest BCUT2D eigenvalue weighted by molar-refractivity contribution is -0.160. The van der Waals surface area contributed by atoms with Crippen molar-refractivity contribution >= 4 is 5.97 Å². The van der Waals surface area contributed by atoms with Crippen LogP contribution in [-0.2, 0) is 9.53 Å². The zero-order valence-corrected chi connectivity index (χ0v) is 19.9. The van der Waals surface area contributed by atoms with Crippen LogP contribution in [0.1, 0.15) is 131 Å². The van der Waals surface area contributed by atoms with Crippen LogP contribution in [0, 0.1) is 11.3 Å². The third-order valence-corrected chi connectivity index (χ3v) is 6.53. The fourth-order valence-electron chi connectivity index (χ4n) is 4.54. The Morgan fingerprint density at radius 3 is 1.82 bits per heavy atom. The van der Waals surface area contributed by atoms with Crippen molar-refractivity contribution < 1.29 is 9.53 Å². The Balaban J connectivity index is 4.03. The van der Waals surface area contributed by atoms with Crippen LogP contribution in [0.25, 0.3) is 0 Å². The Bertz CT molecular complexity index is 382. The highest BCUT2D eigenvalue weighted by Gasteiger charge is 2.42. The van der Waals surface area contributed by atoms with Gasteiger partial charge >= 0.3 is 5.97 Å². The van der Waals surface area contributed by atoms with Gasteiger partial charge in [-0.15, -0.1) is 0 Å². The van der Waals surface area contributed by atoms with Crippen molar-refractivity contribution in [1.82, 2.24) is 0 Å². The third kappa shape index (κ3) is 10.7. The first kappa shape index (κ1) is 27.2. The maximum atomic E-state index is 12.6. The van der Waals surface area contributed by atoms with Crippen LogP contribution in [0.2, 0.25) is 0 Å². The van der Waals surface area contributed by atoms with Crippen molar-refractivity contribution in [3.63, 3.8) is 0 Å². The van der Waals surface area contributed by atoms with Gasteiger partial charge in [0, 0.05) is 0 Å². The van der Waals surface area contributed by atoms with Gasteiger partial charge in [-0.25, -0.2) is 0 Å². The summed E-state index contributed by atoms with van der Waals surface area (Å²) >= 11 is 0. The molecule has 1 unspecified atom stereocenters. The minimum absolute atomic E-state index is 0.0319. The highest BCUT2D eigenvalue weighted by Crippen LogP contribution is 2.41. The molecule has 166 valence electrons. The molecule has 0 aromatic heterocycles. The second-order valence-corrected chi connectivity index (χ2v) is 8.35. The van der Waals surface area contributed by atoms with Gasteiger partial charge in [-0.05, 0) is 57.8 Å². The molecule has 0 aliphatic carbocycles. The first-order valence-corrected chi connectivity index (χ1v) is 12.4. The Hall–Kier alpha value is -0.790. The summed E-state index contributed by atoms with van der Waals surface area (Å²) in [5.74, 6) is 0.481. The largest absolute Gasteiger partial charge is 0.466 e. The molecule has 0 spiro atoms. The molecule has 2 nitrogen and oxygen atoms in total. The number of rotatable bonds is 19. The molecule has 2 heteroatoms. The fraction of sp³-hybridized carbons (Fsp3) is 0.885. The van der Waals surface area contributed by atoms with Gasteiger partial charge in [-0.2, -0.15) is 0 Å². The van der Waals surface area contributed by atoms with Crippen molar-refractivity contribution in [2.45, 2.75) is 131 Å². The third-order valence-electron chi connectivity index (χ3n) is 6.53. The van der Waals surface area contributed by atoms with E-state index in [1.165, 1.54) is 70.6 Å². The first-order chi connectivity index (χ1) is 13.6. The fourth-order valence-corrected chi connectivity index (χ4v) is 4.54. The molecule has 0 amide bonds. The summed E-state index contributed by atoms with van der Waals surface area (Å²) in [6, 6.07) is 0. The molecule has 0 rings (SSSR count). The van der Waals surface area contributed by atoms with E-state index in [9.17, 15) is 4.79 Å². The number of ether oxygens (including phenoxy) is 1. The number of hydrogen-bond donors (Lipinski definition) is 0. The topological polar surface area (TPSA) is 26.3 Å². The van der Waals surface area contributed by atoms with Crippen LogP contribution < -0.4 is 0 Å². The molecule has 0 N–H and O–H groups in total. The van der Waals surface area contributed by atoms with Crippen LogP contribution in [0.4, 0.5) is 0 Å². The van der Waals surface area contributed by atoms with Gasteiger partial charge in [0.15, 0.2) is 0 Å². The molecule has 0 saturated carbocycles. The van der Waals surface area contributed by atoms with Crippen LogP contribution in [0.5, 0.6) is 0 Å². The summed E-state index contributed by atoms with van der Waals surface area (Å²) in [7, 11) is 0. The molecule has 28 heavy (non-hydrogen) atoms. The second-order valence-electron chi connectivity index (χ2n) is 8.35. The summed E-state index contributed by atoms with van der Waals surface area (Å²) in [6.45, 7) is 11.2. The van der Waals surface area contributed by atoms with E-state index in [0.29, 0.717) is 12.5 Å². The minimum atomic E-state index is -0.276. The number of allylic oxidation sites excluding steroid dienone is 2. The van der Waals surface area contributed by atoms with Gasteiger partial charge in [0.05, 0.1) is 12.0 Å². The molecule has 0 aliphatic rings. The lowest BCUT2D eigenvalue weighted by Crippen LogP contribution is -2.39. The maximum absolute atomic E-state index is 12.6. The monoisotopic (exact) mass is 394 g/mol. The molecular formula is C26H50O2. The molecule has 0 radical (unpaired) electrons. The second kappa shape index (κ2) is 18.3. The average Bonchev–Trinajstić information content (AvgIpc) is 2.71. The van der Waals surface area contributed by atoms with Crippen LogP contribution in [-0.4, -0.2) is 12.6 Å². The molecular weight excluding hydrogens is 344 g/mol. The Morgan fingerprint density at radius 1 is 0.786 bits per heavy atom. The SMILES string of the molecule is CCCCCCCC/C=C\CCCCCC(CC)C(CC)(CC)C(=O)OCC. The standard InChI is InChI=1S/C26H50O2/c1-6-11-12-13-14-15-16-17-18-19-20-21-22-23-24(7-2)26(8-3,9-4)25(27)28-10-5/h17-18,24H,6-16,19-23H2,1-5H3/b18-17-.